The van der Waals surface area contributed by atoms with E-state index < -0.39 is 5.97 Å². The molecule has 1 amide bonds. The summed E-state index contributed by atoms with van der Waals surface area (Å²) in [5.41, 5.74) is 5.55. The molecule has 0 unspecified atom stereocenters. The largest absolute Gasteiger partial charge is 0.480 e. The molecule has 4 rings (SSSR count). The predicted molar refractivity (Wildman–Crippen MR) is 141 cm³/mol. The highest BCUT2D eigenvalue weighted by Crippen LogP contribution is 2.17. The van der Waals surface area contributed by atoms with Crippen molar-refractivity contribution in [2.45, 2.75) is 7.43 Å². The standard InChI is InChI=1S/C12H13N3O3.C10H8N2O3.C2H7NO.CH4/c1-15(18-3)12(16)8-4-5-9-10(6-8)14-11(17-2)7-13-9;1-15-9-5-11-7-3-2-6(10(13)14)4-8(7)12-9;1-3-4-2;/h4-7H,1-3H3;2-5H,1H3,(H,13,14);3H,1-2H3;1H4. The molecule has 2 N–H and O–H groups in total. The maximum absolute atomic E-state index is 11.9. The molecule has 0 atom stereocenters. The lowest BCUT2D eigenvalue weighted by Crippen LogP contribution is -2.25. The Morgan fingerprint density at radius 1 is 0.816 bits per heavy atom. The van der Waals surface area contributed by atoms with Gasteiger partial charge in [0.05, 0.1) is 68.5 Å². The average Bonchev–Trinajstić information content (AvgIpc) is 2.95. The monoisotopic (exact) mass is 528 g/mol. The van der Waals surface area contributed by atoms with Crippen LogP contribution in [0.2, 0.25) is 0 Å². The third-order valence-corrected chi connectivity index (χ3v) is 4.72. The van der Waals surface area contributed by atoms with Gasteiger partial charge in [-0.25, -0.2) is 35.3 Å². The van der Waals surface area contributed by atoms with Gasteiger partial charge in [0, 0.05) is 19.7 Å². The first-order valence-corrected chi connectivity index (χ1v) is 10.6. The van der Waals surface area contributed by atoms with Gasteiger partial charge in [0.1, 0.15) is 0 Å². The number of aromatic carboxylic acids is 1. The van der Waals surface area contributed by atoms with Crippen LogP contribution in [-0.2, 0) is 9.68 Å². The van der Waals surface area contributed by atoms with Crippen molar-refractivity contribution >= 4 is 33.9 Å². The molecule has 0 radical (unpaired) electrons. The van der Waals surface area contributed by atoms with Crippen molar-refractivity contribution in [3.63, 3.8) is 0 Å². The van der Waals surface area contributed by atoms with Crippen molar-refractivity contribution in [2.75, 3.05) is 42.5 Å². The van der Waals surface area contributed by atoms with Crippen LogP contribution in [0.25, 0.3) is 22.1 Å². The lowest BCUT2D eigenvalue weighted by atomic mass is 10.2. The molecule has 0 aliphatic rings. The van der Waals surface area contributed by atoms with Gasteiger partial charge in [-0.05, 0) is 36.4 Å². The number of hydroxylamine groups is 3. The zero-order chi connectivity index (χ0) is 27.4. The van der Waals surface area contributed by atoms with Gasteiger partial charge in [-0.3, -0.25) is 9.63 Å². The van der Waals surface area contributed by atoms with Crippen molar-refractivity contribution in [2.24, 2.45) is 0 Å². The van der Waals surface area contributed by atoms with Crippen molar-refractivity contribution < 1.29 is 33.8 Å². The van der Waals surface area contributed by atoms with Crippen LogP contribution >= 0.6 is 0 Å². The molecule has 0 aliphatic carbocycles. The zero-order valence-corrected chi connectivity index (χ0v) is 21.3. The Balaban J connectivity index is 0.000000329. The van der Waals surface area contributed by atoms with Gasteiger partial charge in [-0.15, -0.1) is 0 Å². The van der Waals surface area contributed by atoms with Gasteiger partial charge in [-0.1, -0.05) is 7.43 Å². The second-order valence-corrected chi connectivity index (χ2v) is 6.93. The van der Waals surface area contributed by atoms with Crippen molar-refractivity contribution in [3.05, 3.63) is 59.9 Å². The molecule has 0 fully saturated rings. The number of carbonyl (C=O) groups is 2. The lowest BCUT2D eigenvalue weighted by molar-refractivity contribution is -0.0756. The van der Waals surface area contributed by atoms with Crippen LogP contribution in [0.15, 0.2) is 48.8 Å². The minimum Gasteiger partial charge on any atom is -0.480 e. The second kappa shape index (κ2) is 15.6. The molecule has 13 heteroatoms. The summed E-state index contributed by atoms with van der Waals surface area (Å²) >= 11 is 0. The van der Waals surface area contributed by atoms with Crippen LogP contribution in [0.1, 0.15) is 28.1 Å². The van der Waals surface area contributed by atoms with Crippen LogP contribution in [0, 0.1) is 0 Å². The summed E-state index contributed by atoms with van der Waals surface area (Å²) in [6.45, 7) is 0. The number of aromatic nitrogens is 4. The Hall–Kier alpha value is -4.46. The Bertz CT molecular complexity index is 1350. The SMILES string of the molecule is C.CNOC.COc1cnc2ccc(C(=O)N(C)OC)cc2n1.COc1cnc2ccc(C(=O)O)cc2n1. The zero-order valence-electron chi connectivity index (χ0n) is 21.3. The van der Waals surface area contributed by atoms with E-state index in [1.54, 1.807) is 45.5 Å². The fourth-order valence-electron chi connectivity index (χ4n) is 2.72. The topological polar surface area (TPSA) is 158 Å². The maximum atomic E-state index is 11.9. The quantitative estimate of drug-likeness (QED) is 0.353. The third-order valence-electron chi connectivity index (χ3n) is 4.72. The number of hydrogen-bond donors (Lipinski definition) is 2. The molecular formula is C25H32N6O7. The highest BCUT2D eigenvalue weighted by Gasteiger charge is 2.12. The number of hydrogen-bond acceptors (Lipinski definition) is 11. The van der Waals surface area contributed by atoms with E-state index in [0.717, 1.165) is 5.06 Å². The van der Waals surface area contributed by atoms with Crippen molar-refractivity contribution in [1.29, 1.82) is 0 Å². The Morgan fingerprint density at radius 2 is 1.26 bits per heavy atom. The van der Waals surface area contributed by atoms with Gasteiger partial charge in [0.25, 0.3) is 5.91 Å². The maximum Gasteiger partial charge on any atom is 0.335 e. The van der Waals surface area contributed by atoms with Crippen molar-refractivity contribution in [1.82, 2.24) is 30.5 Å². The minimum atomic E-state index is -0.985. The second-order valence-electron chi connectivity index (χ2n) is 6.93. The van der Waals surface area contributed by atoms with Gasteiger partial charge < -0.3 is 19.4 Å². The van der Waals surface area contributed by atoms with Crippen LogP contribution < -0.4 is 15.0 Å². The predicted octanol–water partition coefficient (Wildman–Crippen LogP) is 3.01. The molecule has 0 spiro atoms. The number of ether oxygens (including phenoxy) is 2. The molecule has 0 bridgehead atoms. The van der Waals surface area contributed by atoms with E-state index in [2.05, 4.69) is 30.3 Å². The van der Waals surface area contributed by atoms with E-state index in [4.69, 9.17) is 19.4 Å². The first kappa shape index (κ1) is 31.6. The average molecular weight is 529 g/mol. The fourth-order valence-corrected chi connectivity index (χ4v) is 2.72. The van der Waals surface area contributed by atoms with E-state index >= 15 is 0 Å². The highest BCUT2D eigenvalue weighted by atomic mass is 16.7. The highest BCUT2D eigenvalue weighted by molar-refractivity contribution is 5.96. The van der Waals surface area contributed by atoms with Crippen LogP contribution in [0.5, 0.6) is 11.8 Å². The Morgan fingerprint density at radius 3 is 1.66 bits per heavy atom. The molecule has 204 valence electrons. The molecule has 0 saturated heterocycles. The number of nitrogens with zero attached hydrogens (tertiary/aromatic N) is 5. The Labute approximate surface area is 220 Å². The normalized spacial score (nSPS) is 9.74. The number of carboxylic acid groups (broad SMARTS) is 1. The van der Waals surface area contributed by atoms with Gasteiger partial charge in [-0.2, -0.15) is 0 Å². The van der Waals surface area contributed by atoms with E-state index in [0.29, 0.717) is 39.4 Å². The summed E-state index contributed by atoms with van der Waals surface area (Å²) in [6.07, 6.45) is 3.02. The molecule has 13 nitrogen and oxygen atoms in total. The van der Waals surface area contributed by atoms with E-state index in [9.17, 15) is 9.59 Å². The number of carboxylic acids is 1. The van der Waals surface area contributed by atoms with Gasteiger partial charge >= 0.3 is 5.97 Å². The van der Waals surface area contributed by atoms with E-state index in [1.807, 2.05) is 0 Å². The molecule has 2 aromatic carbocycles. The van der Waals surface area contributed by atoms with Crippen LogP contribution in [0.4, 0.5) is 0 Å². The number of rotatable bonds is 6. The summed E-state index contributed by atoms with van der Waals surface area (Å²) in [5, 5.41) is 9.94. The van der Waals surface area contributed by atoms with Crippen molar-refractivity contribution in [3.8, 4) is 11.8 Å². The number of amides is 1. The summed E-state index contributed by atoms with van der Waals surface area (Å²) in [4.78, 5) is 48.3. The first-order valence-electron chi connectivity index (χ1n) is 10.6. The summed E-state index contributed by atoms with van der Waals surface area (Å²) in [6, 6.07) is 9.65. The number of fused-ring (bicyclic) bond motifs is 2. The molecule has 0 aliphatic heterocycles. The van der Waals surface area contributed by atoms with Crippen LogP contribution in [0.3, 0.4) is 0 Å². The lowest BCUT2D eigenvalue weighted by Gasteiger charge is -2.13. The molecule has 2 aromatic heterocycles. The van der Waals surface area contributed by atoms with Gasteiger partial charge in [0.15, 0.2) is 0 Å². The molecule has 0 saturated carbocycles. The fraction of sp³-hybridized carbons (Fsp3) is 0.280. The third kappa shape index (κ3) is 8.58. The smallest absolute Gasteiger partial charge is 0.335 e. The van der Waals surface area contributed by atoms with Gasteiger partial charge in [0.2, 0.25) is 11.8 Å². The summed E-state index contributed by atoms with van der Waals surface area (Å²) < 4.78 is 9.90. The number of benzene rings is 2. The number of carbonyl (C=O) groups excluding carboxylic acids is 1. The van der Waals surface area contributed by atoms with Crippen LogP contribution in [-0.4, -0.2) is 84.5 Å². The summed E-state index contributed by atoms with van der Waals surface area (Å²) in [7, 11) is 9.26. The number of nitrogens with one attached hydrogen (secondary N) is 1. The molecule has 38 heavy (non-hydrogen) atoms. The first-order chi connectivity index (χ1) is 17.8. The minimum absolute atomic E-state index is 0. The van der Waals surface area contributed by atoms with E-state index in [-0.39, 0.29) is 18.9 Å². The Kier molecular flexibility index (Phi) is 13.0. The van der Waals surface area contributed by atoms with E-state index in [1.165, 1.54) is 45.9 Å². The molecular weight excluding hydrogens is 496 g/mol. The number of methoxy groups -OCH3 is 2. The molecule has 4 aromatic rings. The summed E-state index contributed by atoms with van der Waals surface area (Å²) in [5.74, 6) is -0.456. The molecule has 2 heterocycles.